The summed E-state index contributed by atoms with van der Waals surface area (Å²) >= 11 is 3.45. The number of nitrogens with one attached hydrogen (secondary N) is 3. The van der Waals surface area contributed by atoms with Crippen LogP contribution in [-0.2, 0) is 22.3 Å². The number of fused-ring (bicyclic) bond motifs is 4. The number of nitrogen functional groups attached to an aromatic ring is 1. The maximum absolute atomic E-state index is 12.6. The molecule has 0 spiro atoms. The van der Waals surface area contributed by atoms with Gasteiger partial charge in [-0.05, 0) is 95.8 Å². The standard InChI is InChI=1S/C28H24N4O3S.C22H21N3O2S/c33-26-17-22(32-10-12-35-13-11-32)16-24(31-26)23-3-1-2-19-14-20-15-21(4-5-25(20)36-27(19)23)30-28(34)18-6-8-29-9-7-18;23-16-4-5-20-15(11-16)10-14-2-1-3-18(22(14)28-20)19-12-17(13-21(26)24-19)25-6-8-27-9-7-25/h1-9,15-17H,10-14H2,(H,30,34)(H,31,33);1-5,11-13H,6-10,23H2,(H,24,26). The predicted molar refractivity (Wildman–Crippen MR) is 254 cm³/mol. The van der Waals surface area contributed by atoms with Gasteiger partial charge in [0, 0.05) is 110 Å². The Balaban J connectivity index is 0.000000156. The van der Waals surface area contributed by atoms with Gasteiger partial charge in [0.15, 0.2) is 0 Å². The van der Waals surface area contributed by atoms with Crippen molar-refractivity contribution in [3.63, 3.8) is 0 Å². The molecule has 4 aromatic carbocycles. The molecular formula is C50H45N7O5S2. The van der Waals surface area contributed by atoms with Crippen LogP contribution >= 0.6 is 23.5 Å². The Labute approximate surface area is 378 Å². The lowest BCUT2D eigenvalue weighted by atomic mass is 9.99. The maximum atomic E-state index is 12.6. The molecular weight excluding hydrogens is 843 g/mol. The van der Waals surface area contributed by atoms with Gasteiger partial charge in [-0.15, -0.1) is 0 Å². The molecule has 3 aromatic heterocycles. The largest absolute Gasteiger partial charge is 0.399 e. The number of morpholine rings is 2. The fraction of sp³-hybridized carbons (Fsp3) is 0.200. The topological polar surface area (TPSA) is 159 Å². The third-order valence-electron chi connectivity index (χ3n) is 11.7. The highest BCUT2D eigenvalue weighted by atomic mass is 32.2. The third-order valence-corrected chi connectivity index (χ3v) is 14.3. The minimum absolute atomic E-state index is 0.0782. The van der Waals surface area contributed by atoms with Gasteiger partial charge < -0.3 is 40.3 Å². The van der Waals surface area contributed by atoms with Crippen molar-refractivity contribution in [2.24, 2.45) is 0 Å². The number of aromatic amines is 2. The van der Waals surface area contributed by atoms with Crippen LogP contribution in [0.15, 0.2) is 151 Å². The van der Waals surface area contributed by atoms with Crippen LogP contribution in [0.25, 0.3) is 22.5 Å². The fourth-order valence-corrected chi connectivity index (χ4v) is 10.9. The van der Waals surface area contributed by atoms with E-state index in [4.69, 9.17) is 15.2 Å². The van der Waals surface area contributed by atoms with Crippen LogP contribution < -0.4 is 32.0 Å². The Bertz CT molecular complexity index is 3000. The highest BCUT2D eigenvalue weighted by Crippen LogP contribution is 2.46. The number of pyridine rings is 3. The van der Waals surface area contributed by atoms with E-state index in [1.165, 1.54) is 26.5 Å². The SMILES string of the molecule is Nc1ccc2c(c1)Cc1cccc(-c3cc(N4CCOCC4)cc(=O)[nH]3)c1S2.O=C(Nc1ccc2c(c1)Cc1cccc(-c3cc(N4CCOCC4)cc(=O)[nH]3)c1S2)c1ccncc1. The summed E-state index contributed by atoms with van der Waals surface area (Å²) in [6.45, 7) is 5.88. The first-order valence-corrected chi connectivity index (χ1v) is 22.9. The number of carbonyl (C=O) groups is 1. The molecule has 1 amide bonds. The van der Waals surface area contributed by atoms with E-state index in [0.717, 1.165) is 99.6 Å². The molecule has 11 rings (SSSR count). The van der Waals surface area contributed by atoms with Crippen LogP contribution in [0, 0.1) is 0 Å². The van der Waals surface area contributed by atoms with Gasteiger partial charge >= 0.3 is 0 Å². The van der Waals surface area contributed by atoms with Crippen molar-refractivity contribution >= 4 is 52.2 Å². The number of aromatic nitrogens is 3. The summed E-state index contributed by atoms with van der Waals surface area (Å²) in [5.41, 5.74) is 18.4. The van der Waals surface area contributed by atoms with Crippen molar-refractivity contribution in [3.05, 3.63) is 170 Å². The first-order chi connectivity index (χ1) is 31.3. The number of amides is 1. The molecule has 64 heavy (non-hydrogen) atoms. The van der Waals surface area contributed by atoms with E-state index in [-0.39, 0.29) is 17.0 Å². The summed E-state index contributed by atoms with van der Waals surface area (Å²) in [6.07, 6.45) is 4.81. The highest BCUT2D eigenvalue weighted by Gasteiger charge is 2.24. The first kappa shape index (κ1) is 41.4. The minimum atomic E-state index is -0.160. The second-order valence-corrected chi connectivity index (χ2v) is 18.1. The number of hydrogen-bond donors (Lipinski definition) is 4. The van der Waals surface area contributed by atoms with E-state index >= 15 is 0 Å². The van der Waals surface area contributed by atoms with Crippen molar-refractivity contribution in [3.8, 4) is 22.5 Å². The van der Waals surface area contributed by atoms with Gasteiger partial charge in [0.25, 0.3) is 5.91 Å². The number of anilines is 4. The van der Waals surface area contributed by atoms with Crippen molar-refractivity contribution < 1.29 is 14.3 Å². The van der Waals surface area contributed by atoms with Crippen LogP contribution in [0.4, 0.5) is 22.7 Å². The summed E-state index contributed by atoms with van der Waals surface area (Å²) in [5.74, 6) is -0.160. The normalized spacial score (nSPS) is 15.1. The van der Waals surface area contributed by atoms with Crippen molar-refractivity contribution in [1.29, 1.82) is 0 Å². The number of hydrogen-bond acceptors (Lipinski definition) is 11. The predicted octanol–water partition coefficient (Wildman–Crippen LogP) is 8.10. The average molecular weight is 888 g/mol. The summed E-state index contributed by atoms with van der Waals surface area (Å²) in [6, 6.07) is 35.5. The van der Waals surface area contributed by atoms with Crippen molar-refractivity contribution in [2.75, 3.05) is 73.5 Å². The molecule has 4 aliphatic heterocycles. The van der Waals surface area contributed by atoms with Crippen molar-refractivity contribution in [2.45, 2.75) is 32.4 Å². The molecule has 0 bridgehead atoms. The lowest BCUT2D eigenvalue weighted by Crippen LogP contribution is -2.36. The number of nitrogens with zero attached hydrogens (tertiary/aromatic N) is 3. The van der Waals surface area contributed by atoms with Gasteiger partial charge in [-0.1, -0.05) is 59.9 Å². The van der Waals surface area contributed by atoms with Gasteiger partial charge in [0.1, 0.15) is 0 Å². The second-order valence-electron chi connectivity index (χ2n) is 16.0. The van der Waals surface area contributed by atoms with Crippen LogP contribution in [0.1, 0.15) is 32.6 Å². The van der Waals surface area contributed by atoms with E-state index in [2.05, 4.69) is 90.7 Å². The minimum Gasteiger partial charge on any atom is -0.399 e. The van der Waals surface area contributed by atoms with E-state index < -0.39 is 0 Å². The zero-order valence-electron chi connectivity index (χ0n) is 34.9. The summed E-state index contributed by atoms with van der Waals surface area (Å²) in [7, 11) is 0. The molecule has 7 heterocycles. The van der Waals surface area contributed by atoms with Crippen LogP contribution in [0.2, 0.25) is 0 Å². The lowest BCUT2D eigenvalue weighted by Gasteiger charge is -2.29. The molecule has 5 N–H and O–H groups in total. The van der Waals surface area contributed by atoms with Gasteiger partial charge in [-0.2, -0.15) is 0 Å². The third kappa shape index (κ3) is 8.95. The van der Waals surface area contributed by atoms with Gasteiger partial charge in [-0.3, -0.25) is 19.4 Å². The fourth-order valence-electron chi connectivity index (χ4n) is 8.54. The number of nitrogens with two attached hydrogens (primary N) is 1. The summed E-state index contributed by atoms with van der Waals surface area (Å²) in [4.78, 5) is 56.7. The van der Waals surface area contributed by atoms with Gasteiger partial charge in [0.05, 0.1) is 37.8 Å². The molecule has 12 nitrogen and oxygen atoms in total. The summed E-state index contributed by atoms with van der Waals surface area (Å²) in [5, 5.41) is 2.98. The van der Waals surface area contributed by atoms with Gasteiger partial charge in [0.2, 0.25) is 11.1 Å². The summed E-state index contributed by atoms with van der Waals surface area (Å²) < 4.78 is 10.9. The molecule has 0 radical (unpaired) electrons. The van der Waals surface area contributed by atoms with E-state index in [1.807, 2.05) is 24.3 Å². The zero-order valence-corrected chi connectivity index (χ0v) is 36.5. The lowest BCUT2D eigenvalue weighted by molar-refractivity contribution is 0.102. The second kappa shape index (κ2) is 18.3. The van der Waals surface area contributed by atoms with E-state index in [0.29, 0.717) is 32.0 Å². The monoisotopic (exact) mass is 887 g/mol. The molecule has 7 aromatic rings. The smallest absolute Gasteiger partial charge is 0.255 e. The molecule has 4 aliphatic rings. The maximum Gasteiger partial charge on any atom is 0.255 e. The molecule has 0 atom stereocenters. The number of carbonyl (C=O) groups excluding carboxylic acids is 1. The Hall–Kier alpha value is -6.58. The molecule has 0 unspecified atom stereocenters. The number of ether oxygens (including phenoxy) is 2. The molecule has 2 saturated heterocycles. The molecule has 0 aliphatic carbocycles. The van der Waals surface area contributed by atoms with E-state index in [9.17, 15) is 14.4 Å². The molecule has 14 heteroatoms. The van der Waals surface area contributed by atoms with E-state index in [1.54, 1.807) is 60.2 Å². The molecule has 0 saturated carbocycles. The Morgan fingerprint density at radius 1 is 0.609 bits per heavy atom. The van der Waals surface area contributed by atoms with Gasteiger partial charge in [-0.25, -0.2) is 0 Å². The Morgan fingerprint density at radius 3 is 1.67 bits per heavy atom. The number of rotatable bonds is 6. The number of benzene rings is 4. The highest BCUT2D eigenvalue weighted by molar-refractivity contribution is 8.00. The van der Waals surface area contributed by atoms with Crippen molar-refractivity contribution in [1.82, 2.24) is 15.0 Å². The Morgan fingerprint density at radius 2 is 1.12 bits per heavy atom. The average Bonchev–Trinajstić information content (AvgIpc) is 3.33. The van der Waals surface area contributed by atoms with Crippen LogP contribution in [0.5, 0.6) is 0 Å². The molecule has 322 valence electrons. The number of H-pyrrole nitrogens is 2. The Kier molecular flexibility index (Phi) is 11.8. The quantitative estimate of drug-likeness (QED) is 0.120. The first-order valence-electron chi connectivity index (χ1n) is 21.3. The molecule has 2 fully saturated rings. The zero-order chi connectivity index (χ0) is 43.6. The van der Waals surface area contributed by atoms with Crippen LogP contribution in [-0.4, -0.2) is 73.5 Å². The van der Waals surface area contributed by atoms with Crippen LogP contribution in [0.3, 0.4) is 0 Å².